The molecule has 2 N–H and O–H groups in total. The van der Waals surface area contributed by atoms with Gasteiger partial charge in [0.05, 0.1) is 18.6 Å². The van der Waals surface area contributed by atoms with Crippen LogP contribution in [0, 0.1) is 0 Å². The fraction of sp³-hybridized carbons (Fsp3) is 0.278. The molecule has 0 bridgehead atoms. The number of amides is 1. The van der Waals surface area contributed by atoms with Crippen molar-refractivity contribution in [2.75, 3.05) is 13.7 Å². The van der Waals surface area contributed by atoms with Gasteiger partial charge in [-0.15, -0.1) is 0 Å². The first-order chi connectivity index (χ1) is 12.2. The van der Waals surface area contributed by atoms with Crippen molar-refractivity contribution < 1.29 is 9.53 Å². The fourth-order valence-electron chi connectivity index (χ4n) is 2.69. The van der Waals surface area contributed by atoms with Gasteiger partial charge in [-0.3, -0.25) is 14.2 Å². The average Bonchev–Trinajstić information content (AvgIpc) is 3.01. The Kier molecular flexibility index (Phi) is 5.25. The summed E-state index contributed by atoms with van der Waals surface area (Å²) in [6.07, 6.45) is 4.05. The molecule has 7 nitrogen and oxygen atoms in total. The van der Waals surface area contributed by atoms with Crippen molar-refractivity contribution in [1.82, 2.24) is 19.9 Å². The van der Waals surface area contributed by atoms with Crippen LogP contribution in [0.1, 0.15) is 11.3 Å². The first-order valence-electron chi connectivity index (χ1n) is 8.03. The highest BCUT2D eigenvalue weighted by atomic mass is 16.5. The van der Waals surface area contributed by atoms with E-state index in [2.05, 4.69) is 21.4 Å². The number of carbonyl (C=O) groups excluding carboxylic acids is 1. The predicted octanol–water partition coefficient (Wildman–Crippen LogP) is 1.23. The minimum Gasteiger partial charge on any atom is -0.378 e. The number of nitrogens with one attached hydrogen (secondary N) is 2. The number of methoxy groups -OCH3 is 1. The standard InChI is InChI=1S/C18H20N4O3/c1-25-11-14-8-18(24)22(12-21-14)10-17(23)19-7-6-13-9-20-16-5-3-2-4-15(13)16/h2-5,8-9,12,20H,6-7,10-11H2,1H3,(H,19,23). The second kappa shape index (κ2) is 7.76. The third-order valence-electron chi connectivity index (χ3n) is 3.93. The average molecular weight is 340 g/mol. The summed E-state index contributed by atoms with van der Waals surface area (Å²) in [6, 6.07) is 9.42. The molecule has 7 heteroatoms. The highest BCUT2D eigenvalue weighted by Gasteiger charge is 2.07. The van der Waals surface area contributed by atoms with E-state index < -0.39 is 0 Å². The maximum Gasteiger partial charge on any atom is 0.254 e. The zero-order valence-corrected chi connectivity index (χ0v) is 14.0. The van der Waals surface area contributed by atoms with E-state index in [-0.39, 0.29) is 24.6 Å². The van der Waals surface area contributed by atoms with Gasteiger partial charge in [0, 0.05) is 36.8 Å². The number of fused-ring (bicyclic) bond motifs is 1. The summed E-state index contributed by atoms with van der Waals surface area (Å²) >= 11 is 0. The van der Waals surface area contributed by atoms with E-state index in [1.165, 1.54) is 24.1 Å². The lowest BCUT2D eigenvalue weighted by Crippen LogP contribution is -2.33. The molecule has 0 radical (unpaired) electrons. The van der Waals surface area contributed by atoms with Crippen LogP contribution in [0.3, 0.4) is 0 Å². The van der Waals surface area contributed by atoms with E-state index in [1.807, 2.05) is 24.4 Å². The molecule has 1 aromatic carbocycles. The number of carbonyl (C=O) groups is 1. The SMILES string of the molecule is COCc1cc(=O)n(CC(=O)NCCc2c[nH]c3ccccc23)cn1. The molecule has 130 valence electrons. The Morgan fingerprint density at radius 3 is 3.00 bits per heavy atom. The Hall–Kier alpha value is -2.93. The molecule has 0 aliphatic heterocycles. The van der Waals surface area contributed by atoms with Crippen LogP contribution in [0.4, 0.5) is 0 Å². The number of para-hydroxylation sites is 1. The van der Waals surface area contributed by atoms with E-state index in [1.54, 1.807) is 0 Å². The second-order valence-electron chi connectivity index (χ2n) is 5.74. The largest absolute Gasteiger partial charge is 0.378 e. The van der Waals surface area contributed by atoms with E-state index in [4.69, 9.17) is 4.74 Å². The summed E-state index contributed by atoms with van der Waals surface area (Å²) in [7, 11) is 1.54. The van der Waals surface area contributed by atoms with Crippen LogP contribution in [0.2, 0.25) is 0 Å². The van der Waals surface area contributed by atoms with Crippen LogP contribution in [0.15, 0.2) is 47.7 Å². The zero-order valence-electron chi connectivity index (χ0n) is 14.0. The Morgan fingerprint density at radius 1 is 1.36 bits per heavy atom. The summed E-state index contributed by atoms with van der Waals surface area (Å²) in [5, 5.41) is 3.99. The topological polar surface area (TPSA) is 89.0 Å². The van der Waals surface area contributed by atoms with E-state index in [0.29, 0.717) is 12.2 Å². The van der Waals surface area contributed by atoms with Gasteiger partial charge in [-0.05, 0) is 18.1 Å². The summed E-state index contributed by atoms with van der Waals surface area (Å²) in [5.74, 6) is -0.219. The third-order valence-corrected chi connectivity index (χ3v) is 3.93. The number of ether oxygens (including phenoxy) is 1. The summed E-state index contributed by atoms with van der Waals surface area (Å²) < 4.78 is 6.21. The van der Waals surface area contributed by atoms with Crippen LogP contribution in [0.25, 0.3) is 10.9 Å². The number of hydrogen-bond acceptors (Lipinski definition) is 4. The number of nitrogens with zero attached hydrogens (tertiary/aromatic N) is 2. The second-order valence-corrected chi connectivity index (χ2v) is 5.74. The van der Waals surface area contributed by atoms with Crippen molar-refractivity contribution in [2.45, 2.75) is 19.6 Å². The van der Waals surface area contributed by atoms with E-state index >= 15 is 0 Å². The molecular weight excluding hydrogens is 320 g/mol. The molecule has 0 aliphatic carbocycles. The molecule has 0 fully saturated rings. The first kappa shape index (κ1) is 16.9. The number of benzene rings is 1. The number of hydrogen-bond donors (Lipinski definition) is 2. The van der Waals surface area contributed by atoms with Gasteiger partial charge < -0.3 is 15.0 Å². The number of aromatic amines is 1. The summed E-state index contributed by atoms with van der Waals surface area (Å²) in [6.45, 7) is 0.727. The van der Waals surface area contributed by atoms with Gasteiger partial charge in [-0.25, -0.2) is 4.98 Å². The van der Waals surface area contributed by atoms with Gasteiger partial charge in [0.1, 0.15) is 6.54 Å². The maximum absolute atomic E-state index is 12.0. The third kappa shape index (κ3) is 4.13. The molecular formula is C18H20N4O3. The first-order valence-corrected chi connectivity index (χ1v) is 8.03. The van der Waals surface area contributed by atoms with Crippen LogP contribution in [0.5, 0.6) is 0 Å². The molecule has 2 heterocycles. The molecule has 0 atom stereocenters. The van der Waals surface area contributed by atoms with Gasteiger partial charge >= 0.3 is 0 Å². The maximum atomic E-state index is 12.0. The van der Waals surface area contributed by atoms with Gasteiger partial charge in [0.25, 0.3) is 5.56 Å². The normalized spacial score (nSPS) is 10.9. The van der Waals surface area contributed by atoms with Gasteiger partial charge in [0.15, 0.2) is 0 Å². The van der Waals surface area contributed by atoms with Crippen LogP contribution >= 0.6 is 0 Å². The highest BCUT2D eigenvalue weighted by Crippen LogP contribution is 2.17. The molecule has 0 aliphatic rings. The summed E-state index contributed by atoms with van der Waals surface area (Å²) in [4.78, 5) is 31.3. The molecule has 0 spiro atoms. The number of H-pyrrole nitrogens is 1. The number of aromatic nitrogens is 3. The quantitative estimate of drug-likeness (QED) is 0.677. The Labute approximate surface area is 144 Å². The highest BCUT2D eigenvalue weighted by molar-refractivity contribution is 5.83. The lowest BCUT2D eigenvalue weighted by molar-refractivity contribution is -0.121. The van der Waals surface area contributed by atoms with Crippen molar-refractivity contribution in [3.8, 4) is 0 Å². The van der Waals surface area contributed by atoms with Crippen molar-refractivity contribution >= 4 is 16.8 Å². The van der Waals surface area contributed by atoms with Gasteiger partial charge in [0.2, 0.25) is 5.91 Å². The minimum atomic E-state index is -0.270. The van der Waals surface area contributed by atoms with Gasteiger partial charge in [-0.1, -0.05) is 18.2 Å². The lowest BCUT2D eigenvalue weighted by atomic mass is 10.1. The monoisotopic (exact) mass is 340 g/mol. The van der Waals surface area contributed by atoms with Crippen molar-refractivity contribution in [3.63, 3.8) is 0 Å². The molecule has 2 aromatic heterocycles. The Balaban J connectivity index is 1.54. The summed E-state index contributed by atoms with van der Waals surface area (Å²) in [5.41, 5.74) is 2.51. The van der Waals surface area contributed by atoms with E-state index in [0.717, 1.165) is 22.9 Å². The van der Waals surface area contributed by atoms with Gasteiger partial charge in [-0.2, -0.15) is 0 Å². The van der Waals surface area contributed by atoms with Crippen LogP contribution < -0.4 is 10.9 Å². The molecule has 0 saturated heterocycles. The van der Waals surface area contributed by atoms with Crippen LogP contribution in [-0.4, -0.2) is 34.1 Å². The van der Waals surface area contributed by atoms with E-state index in [9.17, 15) is 9.59 Å². The Bertz CT molecular complexity index is 929. The molecule has 3 rings (SSSR count). The lowest BCUT2D eigenvalue weighted by Gasteiger charge is -2.07. The molecule has 1 amide bonds. The Morgan fingerprint density at radius 2 is 2.20 bits per heavy atom. The predicted molar refractivity (Wildman–Crippen MR) is 94.2 cm³/mol. The molecule has 3 aromatic rings. The van der Waals surface area contributed by atoms with Crippen molar-refractivity contribution in [2.24, 2.45) is 0 Å². The molecule has 25 heavy (non-hydrogen) atoms. The smallest absolute Gasteiger partial charge is 0.254 e. The molecule has 0 saturated carbocycles. The zero-order chi connectivity index (χ0) is 17.6. The van der Waals surface area contributed by atoms with Crippen molar-refractivity contribution in [3.05, 3.63) is 64.5 Å². The van der Waals surface area contributed by atoms with Crippen LogP contribution in [-0.2, 0) is 29.1 Å². The number of rotatable bonds is 7. The molecule has 0 unspecified atom stereocenters. The minimum absolute atomic E-state index is 0.0486. The van der Waals surface area contributed by atoms with Crippen molar-refractivity contribution in [1.29, 1.82) is 0 Å². The fourth-order valence-corrected chi connectivity index (χ4v) is 2.69.